The molecule has 1 atom stereocenters. The molecular formula is C24H27N7O2S. The summed E-state index contributed by atoms with van der Waals surface area (Å²) in [5.74, 6) is 6.60. The molecule has 1 fully saturated rings. The minimum Gasteiger partial charge on any atom is -0.341 e. The number of aromatic nitrogens is 5. The second-order valence-electron chi connectivity index (χ2n) is 8.71. The third kappa shape index (κ3) is 3.81. The molecule has 5 rings (SSSR count). The average molecular weight is 478 g/mol. The van der Waals surface area contributed by atoms with Gasteiger partial charge in [-0.3, -0.25) is 18.5 Å². The molecule has 3 aromatic heterocycles. The number of nitrogens with zero attached hydrogens (tertiary/aromatic N) is 6. The van der Waals surface area contributed by atoms with Crippen LogP contribution in [-0.4, -0.2) is 42.8 Å². The van der Waals surface area contributed by atoms with Crippen LogP contribution in [0.1, 0.15) is 30.3 Å². The van der Waals surface area contributed by atoms with Gasteiger partial charge in [-0.05, 0) is 44.4 Å². The molecule has 1 aliphatic rings. The predicted octanol–water partition coefficient (Wildman–Crippen LogP) is 1.81. The number of aryl methyl sites for hydroxylation is 2. The van der Waals surface area contributed by atoms with Gasteiger partial charge in [0, 0.05) is 26.2 Å². The third-order valence-electron chi connectivity index (χ3n) is 6.27. The molecule has 1 unspecified atom stereocenters. The monoisotopic (exact) mass is 477 g/mol. The molecule has 176 valence electrons. The number of anilines is 1. The van der Waals surface area contributed by atoms with Crippen LogP contribution in [0.4, 0.5) is 5.95 Å². The van der Waals surface area contributed by atoms with Crippen molar-refractivity contribution < 1.29 is 0 Å². The highest BCUT2D eigenvalue weighted by atomic mass is 32.1. The molecule has 0 amide bonds. The number of rotatable bonds is 4. The lowest BCUT2D eigenvalue weighted by Crippen LogP contribution is -2.44. The maximum atomic E-state index is 13.7. The van der Waals surface area contributed by atoms with Gasteiger partial charge in [0.05, 0.1) is 28.3 Å². The van der Waals surface area contributed by atoms with Crippen molar-refractivity contribution >= 4 is 38.7 Å². The molecule has 2 N–H and O–H groups in total. The summed E-state index contributed by atoms with van der Waals surface area (Å²) in [6.07, 6.45) is 1.91. The van der Waals surface area contributed by atoms with Crippen LogP contribution in [0.15, 0.2) is 27.8 Å². The normalized spacial score (nSPS) is 16.2. The molecule has 10 heteroatoms. The molecule has 1 aromatic carbocycles. The van der Waals surface area contributed by atoms with E-state index in [0.29, 0.717) is 30.2 Å². The summed E-state index contributed by atoms with van der Waals surface area (Å²) in [5.41, 5.74) is 7.99. The standard InChI is InChI=1S/C24H27N7O2S/c1-4-5-11-30-20-21(27-23(30)29-10-6-7-17(25)14-29)28(3)24(33)31(22(20)32)13-16-8-9-18-19(12-16)34-15(2)26-18/h8-9,12,17H,6-7,10-11,13-14,25H2,1-3H3. The molecule has 0 saturated carbocycles. The van der Waals surface area contributed by atoms with Gasteiger partial charge in [-0.25, -0.2) is 9.78 Å². The first-order chi connectivity index (χ1) is 16.4. The van der Waals surface area contributed by atoms with Crippen molar-refractivity contribution in [1.82, 2.24) is 23.7 Å². The van der Waals surface area contributed by atoms with Gasteiger partial charge in [-0.2, -0.15) is 4.98 Å². The van der Waals surface area contributed by atoms with Gasteiger partial charge in [-0.1, -0.05) is 12.0 Å². The van der Waals surface area contributed by atoms with Crippen molar-refractivity contribution in [2.45, 2.75) is 45.8 Å². The molecule has 0 bridgehead atoms. The van der Waals surface area contributed by atoms with E-state index in [0.717, 1.165) is 40.2 Å². The number of thiazole rings is 1. The van der Waals surface area contributed by atoms with Crippen LogP contribution in [0.5, 0.6) is 0 Å². The Morgan fingerprint density at radius 2 is 2.06 bits per heavy atom. The Bertz CT molecular complexity index is 1580. The van der Waals surface area contributed by atoms with E-state index in [-0.39, 0.29) is 18.1 Å². The van der Waals surface area contributed by atoms with Crippen LogP contribution < -0.4 is 21.9 Å². The van der Waals surface area contributed by atoms with Crippen molar-refractivity contribution in [1.29, 1.82) is 0 Å². The topological polar surface area (TPSA) is 104 Å². The second-order valence-corrected chi connectivity index (χ2v) is 9.95. The van der Waals surface area contributed by atoms with Gasteiger partial charge in [0.1, 0.15) is 0 Å². The van der Waals surface area contributed by atoms with Gasteiger partial charge in [-0.15, -0.1) is 17.3 Å². The number of imidazole rings is 1. The fourth-order valence-corrected chi connectivity index (χ4v) is 5.50. The fourth-order valence-electron chi connectivity index (χ4n) is 4.61. The first-order valence-electron chi connectivity index (χ1n) is 11.3. The van der Waals surface area contributed by atoms with E-state index in [2.05, 4.69) is 21.7 Å². The van der Waals surface area contributed by atoms with E-state index in [4.69, 9.17) is 10.7 Å². The third-order valence-corrected chi connectivity index (χ3v) is 7.20. The largest absolute Gasteiger partial charge is 0.341 e. The minimum absolute atomic E-state index is 0.0463. The summed E-state index contributed by atoms with van der Waals surface area (Å²) in [6, 6.07) is 5.89. The van der Waals surface area contributed by atoms with Crippen LogP contribution in [0.25, 0.3) is 21.4 Å². The average Bonchev–Trinajstić information content (AvgIpc) is 3.38. The molecule has 4 heterocycles. The van der Waals surface area contributed by atoms with Crippen molar-refractivity contribution in [3.63, 3.8) is 0 Å². The van der Waals surface area contributed by atoms with Gasteiger partial charge in [0.15, 0.2) is 11.2 Å². The molecule has 34 heavy (non-hydrogen) atoms. The summed E-state index contributed by atoms with van der Waals surface area (Å²) in [7, 11) is 1.66. The number of nitrogens with two attached hydrogens (primary N) is 1. The number of benzene rings is 1. The van der Waals surface area contributed by atoms with Crippen LogP contribution in [0.3, 0.4) is 0 Å². The van der Waals surface area contributed by atoms with Crippen molar-refractivity contribution in [2.75, 3.05) is 18.0 Å². The van der Waals surface area contributed by atoms with Crippen molar-refractivity contribution in [3.8, 4) is 11.8 Å². The van der Waals surface area contributed by atoms with Gasteiger partial charge < -0.3 is 10.6 Å². The Morgan fingerprint density at radius 3 is 2.82 bits per heavy atom. The van der Waals surface area contributed by atoms with Gasteiger partial charge in [0.2, 0.25) is 5.95 Å². The quantitative estimate of drug-likeness (QED) is 0.450. The van der Waals surface area contributed by atoms with E-state index < -0.39 is 5.69 Å². The molecule has 0 aliphatic carbocycles. The number of fused-ring (bicyclic) bond motifs is 2. The van der Waals surface area contributed by atoms with Crippen LogP contribution >= 0.6 is 11.3 Å². The summed E-state index contributed by atoms with van der Waals surface area (Å²) in [6.45, 7) is 5.66. The molecule has 0 spiro atoms. The first kappa shape index (κ1) is 22.4. The van der Waals surface area contributed by atoms with Crippen LogP contribution in [0, 0.1) is 18.8 Å². The Labute approximate surface area is 200 Å². The van der Waals surface area contributed by atoms with E-state index in [9.17, 15) is 9.59 Å². The highest BCUT2D eigenvalue weighted by molar-refractivity contribution is 7.18. The van der Waals surface area contributed by atoms with Gasteiger partial charge in [0.25, 0.3) is 5.56 Å². The SMILES string of the molecule is CC#CCn1c(N2CCCC(N)C2)nc2c1c(=O)n(Cc1ccc3nc(C)sc3c1)c(=O)n2C. The second kappa shape index (κ2) is 8.74. The summed E-state index contributed by atoms with van der Waals surface area (Å²) < 4.78 is 5.60. The first-order valence-corrected chi connectivity index (χ1v) is 12.1. The van der Waals surface area contributed by atoms with E-state index in [1.807, 2.05) is 29.7 Å². The molecule has 4 aromatic rings. The Morgan fingerprint density at radius 1 is 1.24 bits per heavy atom. The molecule has 1 aliphatic heterocycles. The minimum atomic E-state index is -0.397. The number of hydrogen-bond donors (Lipinski definition) is 1. The summed E-state index contributed by atoms with van der Waals surface area (Å²) in [5, 5.41) is 0.979. The zero-order valence-corrected chi connectivity index (χ0v) is 20.4. The smallest absolute Gasteiger partial charge is 0.332 e. The Balaban J connectivity index is 1.67. The van der Waals surface area contributed by atoms with Gasteiger partial charge >= 0.3 is 5.69 Å². The van der Waals surface area contributed by atoms with Crippen LogP contribution in [0.2, 0.25) is 0 Å². The van der Waals surface area contributed by atoms with E-state index in [1.54, 1.807) is 25.3 Å². The van der Waals surface area contributed by atoms with Crippen molar-refractivity contribution in [2.24, 2.45) is 12.8 Å². The molecule has 9 nitrogen and oxygen atoms in total. The molecular weight excluding hydrogens is 450 g/mol. The number of hydrogen-bond acceptors (Lipinski definition) is 7. The maximum Gasteiger partial charge on any atom is 0.332 e. The lowest BCUT2D eigenvalue weighted by atomic mass is 10.1. The fraction of sp³-hybridized carbons (Fsp3) is 0.417. The summed E-state index contributed by atoms with van der Waals surface area (Å²) in [4.78, 5) is 38.3. The predicted molar refractivity (Wildman–Crippen MR) is 136 cm³/mol. The molecule has 1 saturated heterocycles. The lowest BCUT2D eigenvalue weighted by molar-refractivity contribution is 0.496. The lowest BCUT2D eigenvalue weighted by Gasteiger charge is -2.31. The Kier molecular flexibility index (Phi) is 5.75. The number of piperidine rings is 1. The molecule has 0 radical (unpaired) electrons. The maximum absolute atomic E-state index is 13.7. The van der Waals surface area contributed by atoms with Crippen molar-refractivity contribution in [3.05, 3.63) is 49.6 Å². The Hall–Kier alpha value is -3.42. The van der Waals surface area contributed by atoms with E-state index in [1.165, 1.54) is 9.13 Å². The highest BCUT2D eigenvalue weighted by Gasteiger charge is 2.26. The van der Waals surface area contributed by atoms with Crippen LogP contribution in [-0.2, 0) is 20.1 Å². The zero-order chi connectivity index (χ0) is 24.0. The summed E-state index contributed by atoms with van der Waals surface area (Å²) >= 11 is 1.59. The highest BCUT2D eigenvalue weighted by Crippen LogP contribution is 2.24. The zero-order valence-electron chi connectivity index (χ0n) is 19.5. The van der Waals surface area contributed by atoms with E-state index >= 15 is 0 Å².